The molecule has 89 heavy (non-hydrogen) atoms. The van der Waals surface area contributed by atoms with Crippen molar-refractivity contribution in [3.05, 3.63) is 72.9 Å². The average Bonchev–Trinajstić information content (AvgIpc) is 3.62. The summed E-state index contributed by atoms with van der Waals surface area (Å²) < 4.78 is 22.8. The molecule has 0 saturated carbocycles. The lowest BCUT2D eigenvalue weighted by Crippen LogP contribution is -2.65. The highest BCUT2D eigenvalue weighted by Gasteiger charge is 2.51. The van der Waals surface area contributed by atoms with E-state index >= 15 is 0 Å². The normalized spacial score (nSPS) is 23.4. The van der Waals surface area contributed by atoms with Gasteiger partial charge >= 0.3 is 0 Å². The van der Waals surface area contributed by atoms with E-state index in [4.69, 9.17) is 18.9 Å². The van der Waals surface area contributed by atoms with E-state index in [1.807, 2.05) is 6.08 Å². The molecule has 0 radical (unpaired) electrons. The van der Waals surface area contributed by atoms with Gasteiger partial charge in [-0.2, -0.15) is 0 Å². The van der Waals surface area contributed by atoms with Gasteiger partial charge in [-0.1, -0.05) is 286 Å². The van der Waals surface area contributed by atoms with E-state index in [0.29, 0.717) is 12.8 Å². The van der Waals surface area contributed by atoms with E-state index in [2.05, 4.69) is 79.9 Å². The average molecular weight is 1260 g/mol. The molecular weight excluding hydrogens is 1120 g/mol. The van der Waals surface area contributed by atoms with E-state index < -0.39 is 86.8 Å². The van der Waals surface area contributed by atoms with Gasteiger partial charge in [0, 0.05) is 6.42 Å². The lowest BCUT2D eigenvalue weighted by molar-refractivity contribution is -0.359. The molecule has 12 atom stereocenters. The molecule has 2 rings (SSSR count). The largest absolute Gasteiger partial charge is 0.394 e. The number of allylic oxidation sites excluding steroid dienone is 11. The van der Waals surface area contributed by atoms with Crippen molar-refractivity contribution in [1.29, 1.82) is 0 Å². The summed E-state index contributed by atoms with van der Waals surface area (Å²) in [6, 6.07) is -0.941. The van der Waals surface area contributed by atoms with Gasteiger partial charge < -0.3 is 65.1 Å². The van der Waals surface area contributed by atoms with Crippen LogP contribution < -0.4 is 5.32 Å². The fourth-order valence-electron chi connectivity index (χ4n) is 11.7. The second-order valence-electron chi connectivity index (χ2n) is 25.7. The van der Waals surface area contributed by atoms with Crippen LogP contribution in [-0.4, -0.2) is 140 Å². The fourth-order valence-corrected chi connectivity index (χ4v) is 11.7. The molecule has 0 aromatic heterocycles. The van der Waals surface area contributed by atoms with Gasteiger partial charge in [-0.3, -0.25) is 4.79 Å². The summed E-state index contributed by atoms with van der Waals surface area (Å²) in [4.78, 5) is 13.3. The number of hydrogen-bond acceptors (Lipinski definition) is 13. The van der Waals surface area contributed by atoms with E-state index in [-0.39, 0.29) is 18.9 Å². The van der Waals surface area contributed by atoms with Crippen molar-refractivity contribution in [2.24, 2.45) is 0 Å². The molecule has 2 saturated heterocycles. The summed E-state index contributed by atoms with van der Waals surface area (Å²) in [5, 5.41) is 87.4. The van der Waals surface area contributed by atoms with Gasteiger partial charge in [-0.15, -0.1) is 0 Å². The molecule has 14 nitrogen and oxygen atoms in total. The Hall–Kier alpha value is -2.57. The SMILES string of the molecule is CCCCCCC/C=C\C/C=C\C/C=C\CCCCCCCCCCCCCCCCCCCCCCC(=O)NC(COC1OC(CO)C(OC2OC(CO)C(O)C(O)C2O)C(O)C1O)C(O)/C=C/CC/C=C/CC/C=C/CCCCCCCCCCCC. The van der Waals surface area contributed by atoms with E-state index in [9.17, 15) is 45.6 Å². The van der Waals surface area contributed by atoms with Gasteiger partial charge in [0.15, 0.2) is 12.6 Å². The summed E-state index contributed by atoms with van der Waals surface area (Å²) in [7, 11) is 0. The molecule has 2 aliphatic rings. The Morgan fingerprint density at radius 1 is 0.404 bits per heavy atom. The lowest BCUT2D eigenvalue weighted by Gasteiger charge is -2.46. The topological polar surface area (TPSA) is 228 Å². The highest BCUT2D eigenvalue weighted by atomic mass is 16.7. The van der Waals surface area contributed by atoms with Gasteiger partial charge in [-0.05, 0) is 83.5 Å². The van der Waals surface area contributed by atoms with Crippen molar-refractivity contribution in [1.82, 2.24) is 5.32 Å². The Bertz CT molecular complexity index is 1770. The van der Waals surface area contributed by atoms with Crippen LogP contribution >= 0.6 is 0 Å². The summed E-state index contributed by atoms with van der Waals surface area (Å²) >= 11 is 0. The van der Waals surface area contributed by atoms with Crippen molar-refractivity contribution < 1.29 is 64.6 Å². The Morgan fingerprint density at radius 3 is 1.18 bits per heavy atom. The second kappa shape index (κ2) is 59.2. The minimum absolute atomic E-state index is 0.250. The third-order valence-corrected chi connectivity index (χ3v) is 17.6. The number of unbranched alkanes of at least 4 members (excludes halogenated alkanes) is 37. The highest BCUT2D eigenvalue weighted by Crippen LogP contribution is 2.30. The molecule has 12 unspecified atom stereocenters. The highest BCUT2D eigenvalue weighted by molar-refractivity contribution is 5.76. The van der Waals surface area contributed by atoms with Crippen LogP contribution in [0.5, 0.6) is 0 Å². The van der Waals surface area contributed by atoms with Crippen molar-refractivity contribution in [3.63, 3.8) is 0 Å². The van der Waals surface area contributed by atoms with E-state index in [1.54, 1.807) is 6.08 Å². The van der Waals surface area contributed by atoms with Gasteiger partial charge in [0.2, 0.25) is 5.91 Å². The van der Waals surface area contributed by atoms with Crippen LogP contribution in [0.1, 0.15) is 303 Å². The molecule has 2 fully saturated rings. The first-order chi connectivity index (χ1) is 43.6. The minimum atomic E-state index is -1.79. The Morgan fingerprint density at radius 2 is 0.753 bits per heavy atom. The Labute approximate surface area is 542 Å². The second-order valence-corrected chi connectivity index (χ2v) is 25.7. The molecular formula is C75H135NO13. The molecule has 14 heteroatoms. The third kappa shape index (κ3) is 43.1. The molecule has 518 valence electrons. The van der Waals surface area contributed by atoms with Crippen molar-refractivity contribution >= 4 is 5.91 Å². The number of hydrogen-bond donors (Lipinski definition) is 9. The molecule has 2 aliphatic heterocycles. The number of aliphatic hydroxyl groups is 8. The van der Waals surface area contributed by atoms with Crippen LogP contribution in [0, 0.1) is 0 Å². The number of amides is 1. The van der Waals surface area contributed by atoms with Gasteiger partial charge in [0.1, 0.15) is 48.8 Å². The molecule has 0 aromatic carbocycles. The van der Waals surface area contributed by atoms with Crippen LogP contribution in [0.2, 0.25) is 0 Å². The van der Waals surface area contributed by atoms with Gasteiger partial charge in [0.05, 0.1) is 32.0 Å². The third-order valence-electron chi connectivity index (χ3n) is 17.6. The molecule has 0 aliphatic carbocycles. The maximum Gasteiger partial charge on any atom is 0.220 e. The maximum absolute atomic E-state index is 13.3. The van der Waals surface area contributed by atoms with Crippen LogP contribution in [0.15, 0.2) is 72.9 Å². The molecule has 0 aromatic rings. The van der Waals surface area contributed by atoms with Crippen LogP contribution in [0.3, 0.4) is 0 Å². The summed E-state index contributed by atoms with van der Waals surface area (Å²) in [6.07, 6.45) is 64.0. The molecule has 0 spiro atoms. The summed E-state index contributed by atoms with van der Waals surface area (Å²) in [5.74, 6) is -0.250. The van der Waals surface area contributed by atoms with Crippen molar-refractivity contribution in [3.8, 4) is 0 Å². The van der Waals surface area contributed by atoms with Gasteiger partial charge in [0.25, 0.3) is 0 Å². The van der Waals surface area contributed by atoms with Crippen molar-refractivity contribution in [2.45, 2.75) is 376 Å². The number of carbonyl (C=O) groups is 1. The molecule has 1 amide bonds. The fraction of sp³-hybridized carbons (Fsp3) is 0.827. The van der Waals surface area contributed by atoms with Crippen LogP contribution in [-0.2, 0) is 23.7 Å². The predicted molar refractivity (Wildman–Crippen MR) is 364 cm³/mol. The number of rotatable bonds is 60. The lowest BCUT2D eigenvalue weighted by atomic mass is 9.97. The Kier molecular flexibility index (Phi) is 54.9. The zero-order valence-corrected chi connectivity index (χ0v) is 56.4. The Balaban J connectivity index is 1.64. The zero-order chi connectivity index (χ0) is 64.5. The number of nitrogens with one attached hydrogen (secondary N) is 1. The first-order valence-electron chi connectivity index (χ1n) is 36.7. The quantitative estimate of drug-likeness (QED) is 0.0204. The first-order valence-corrected chi connectivity index (χ1v) is 36.7. The van der Waals surface area contributed by atoms with Gasteiger partial charge in [-0.25, -0.2) is 0 Å². The number of carbonyl (C=O) groups excluding carboxylic acids is 1. The van der Waals surface area contributed by atoms with E-state index in [0.717, 1.165) is 57.8 Å². The first kappa shape index (κ1) is 82.5. The number of ether oxygens (including phenoxy) is 4. The standard InChI is InChI=1S/C75H135NO13/c1-3-5-7-9-11-13-15-17-19-21-23-25-26-27-28-29-30-31-32-33-34-35-36-37-38-39-41-43-45-47-49-51-53-55-57-59-67(80)76-63(64(79)58-56-54-52-50-48-46-44-42-40-24-22-20-18-16-14-12-10-8-6-4-2)62-86-74-72(85)70(83)73(66(61-78)88-74)89-75-71(84)69(82)68(81)65(60-77)87-75/h15,17,21,23,26-27,40,42,48,50,56,58,63-66,68-75,77-79,81-85H,3-14,16,18-20,22,24-25,28-39,41,43-47,49,51-55,57,59-62H2,1-2H3,(H,76,80)/b17-15-,23-21-,27-26-,42-40+,50-48+,58-56+. The zero-order valence-electron chi connectivity index (χ0n) is 56.4. The van der Waals surface area contributed by atoms with Crippen LogP contribution in [0.4, 0.5) is 0 Å². The summed E-state index contributed by atoms with van der Waals surface area (Å²) in [6.45, 7) is 2.79. The predicted octanol–water partition coefficient (Wildman–Crippen LogP) is 15.4. The van der Waals surface area contributed by atoms with Crippen molar-refractivity contribution in [2.75, 3.05) is 19.8 Å². The molecule has 0 bridgehead atoms. The summed E-state index contributed by atoms with van der Waals surface area (Å²) in [5.41, 5.74) is 0. The maximum atomic E-state index is 13.3. The minimum Gasteiger partial charge on any atom is -0.394 e. The smallest absolute Gasteiger partial charge is 0.220 e. The van der Waals surface area contributed by atoms with Crippen LogP contribution in [0.25, 0.3) is 0 Å². The molecule has 2 heterocycles. The van der Waals surface area contributed by atoms with E-state index in [1.165, 1.54) is 212 Å². The monoisotopic (exact) mass is 1260 g/mol. The molecule has 9 N–H and O–H groups in total. The number of aliphatic hydroxyl groups excluding tert-OH is 8.